The highest BCUT2D eigenvalue weighted by Gasteiger charge is 2.28. The summed E-state index contributed by atoms with van der Waals surface area (Å²) in [5.41, 5.74) is 1.44. The average Bonchev–Trinajstić information content (AvgIpc) is 2.75. The normalized spacial score (nSPS) is 12.5. The Morgan fingerprint density at radius 2 is 1.55 bits per heavy atom. The standard InChI is InChI=1S/C23H20Br2Cl2N2O3S/c1-15(16-2-5-18(24)6-3-16)28-23(30)14-29(13-17-4-9-20(26)12-22(17)27)33(31,32)21-10-7-19(25)8-11-21/h2-12,15H,13-14H2,1H3,(H,28,30)/t15-/m1/s1. The van der Waals surface area contributed by atoms with Crippen LogP contribution in [-0.2, 0) is 21.4 Å². The van der Waals surface area contributed by atoms with E-state index in [0.717, 1.165) is 18.8 Å². The van der Waals surface area contributed by atoms with Crippen LogP contribution in [0.4, 0.5) is 0 Å². The van der Waals surface area contributed by atoms with E-state index in [4.69, 9.17) is 23.2 Å². The molecule has 1 N–H and O–H groups in total. The highest BCUT2D eigenvalue weighted by atomic mass is 79.9. The Bertz CT molecular complexity index is 1240. The summed E-state index contributed by atoms with van der Waals surface area (Å²) in [6.07, 6.45) is 0. The van der Waals surface area contributed by atoms with Crippen LogP contribution in [0.5, 0.6) is 0 Å². The van der Waals surface area contributed by atoms with Crippen molar-refractivity contribution < 1.29 is 13.2 Å². The maximum atomic E-state index is 13.4. The second kappa shape index (κ2) is 11.3. The highest BCUT2D eigenvalue weighted by molar-refractivity contribution is 9.10. The molecular formula is C23H20Br2Cl2N2O3S. The number of amides is 1. The Hall–Kier alpha value is -1.42. The lowest BCUT2D eigenvalue weighted by molar-refractivity contribution is -0.122. The second-order valence-corrected chi connectivity index (χ2v) is 11.9. The zero-order chi connectivity index (χ0) is 24.2. The van der Waals surface area contributed by atoms with Gasteiger partial charge in [-0.25, -0.2) is 8.42 Å². The number of carbonyl (C=O) groups is 1. The van der Waals surface area contributed by atoms with Gasteiger partial charge >= 0.3 is 0 Å². The van der Waals surface area contributed by atoms with E-state index in [1.165, 1.54) is 12.1 Å². The summed E-state index contributed by atoms with van der Waals surface area (Å²) < 4.78 is 29.6. The van der Waals surface area contributed by atoms with Gasteiger partial charge in [0.15, 0.2) is 0 Å². The third-order valence-electron chi connectivity index (χ3n) is 4.88. The van der Waals surface area contributed by atoms with E-state index in [-0.39, 0.29) is 24.0 Å². The Balaban J connectivity index is 1.86. The number of hydrogen-bond donors (Lipinski definition) is 1. The van der Waals surface area contributed by atoms with Crippen LogP contribution in [-0.4, -0.2) is 25.2 Å². The van der Waals surface area contributed by atoms with E-state index >= 15 is 0 Å². The molecule has 0 radical (unpaired) electrons. The van der Waals surface area contributed by atoms with Crippen molar-refractivity contribution in [3.63, 3.8) is 0 Å². The Labute approximate surface area is 220 Å². The lowest BCUT2D eigenvalue weighted by atomic mass is 10.1. The minimum absolute atomic E-state index is 0.0737. The van der Waals surface area contributed by atoms with Gasteiger partial charge in [0.1, 0.15) is 0 Å². The van der Waals surface area contributed by atoms with Gasteiger partial charge in [0.25, 0.3) is 0 Å². The van der Waals surface area contributed by atoms with Crippen LogP contribution in [0, 0.1) is 0 Å². The molecule has 1 amide bonds. The van der Waals surface area contributed by atoms with Crippen molar-refractivity contribution in [2.45, 2.75) is 24.4 Å². The monoisotopic (exact) mass is 632 g/mol. The molecule has 1 atom stereocenters. The van der Waals surface area contributed by atoms with Gasteiger partial charge < -0.3 is 5.32 Å². The first-order valence-corrected chi connectivity index (χ1v) is 13.6. The third-order valence-corrected chi connectivity index (χ3v) is 8.33. The Morgan fingerprint density at radius 3 is 2.12 bits per heavy atom. The summed E-state index contributed by atoms with van der Waals surface area (Å²) in [5, 5.41) is 3.62. The zero-order valence-corrected chi connectivity index (χ0v) is 22.9. The van der Waals surface area contributed by atoms with E-state index in [1.54, 1.807) is 30.3 Å². The number of nitrogens with zero attached hydrogens (tertiary/aromatic N) is 1. The number of halogens is 4. The Kier molecular flexibility index (Phi) is 9.00. The fourth-order valence-corrected chi connectivity index (χ4v) is 5.47. The Morgan fingerprint density at radius 1 is 0.970 bits per heavy atom. The molecule has 0 saturated heterocycles. The van der Waals surface area contributed by atoms with Gasteiger partial charge in [-0.3, -0.25) is 4.79 Å². The fraction of sp³-hybridized carbons (Fsp3) is 0.174. The number of hydrogen-bond acceptors (Lipinski definition) is 3. The number of carbonyl (C=O) groups excluding carboxylic acids is 1. The maximum Gasteiger partial charge on any atom is 0.243 e. The molecule has 174 valence electrons. The third kappa shape index (κ3) is 7.04. The topological polar surface area (TPSA) is 66.5 Å². The number of nitrogens with one attached hydrogen (secondary N) is 1. The van der Waals surface area contributed by atoms with Crippen LogP contribution in [0.2, 0.25) is 10.0 Å². The molecule has 0 bridgehead atoms. The molecular weight excluding hydrogens is 615 g/mol. The van der Waals surface area contributed by atoms with Gasteiger partial charge in [0, 0.05) is 25.5 Å². The van der Waals surface area contributed by atoms with Crippen molar-refractivity contribution in [3.8, 4) is 0 Å². The maximum absolute atomic E-state index is 13.4. The first-order chi connectivity index (χ1) is 15.6. The fourth-order valence-electron chi connectivity index (χ4n) is 3.10. The number of rotatable bonds is 8. The van der Waals surface area contributed by atoms with E-state index < -0.39 is 15.9 Å². The van der Waals surface area contributed by atoms with Crippen molar-refractivity contribution >= 4 is 71.0 Å². The van der Waals surface area contributed by atoms with Crippen molar-refractivity contribution in [2.24, 2.45) is 0 Å². The molecule has 33 heavy (non-hydrogen) atoms. The van der Waals surface area contributed by atoms with Crippen molar-refractivity contribution in [3.05, 3.63) is 96.8 Å². The number of benzene rings is 3. The van der Waals surface area contributed by atoms with Gasteiger partial charge in [0.2, 0.25) is 15.9 Å². The van der Waals surface area contributed by atoms with Crippen molar-refractivity contribution in [2.75, 3.05) is 6.54 Å². The smallest absolute Gasteiger partial charge is 0.243 e. The molecule has 0 unspecified atom stereocenters. The quantitative estimate of drug-likeness (QED) is 0.304. The minimum atomic E-state index is -3.99. The van der Waals surface area contributed by atoms with E-state index in [0.29, 0.717) is 15.6 Å². The highest BCUT2D eigenvalue weighted by Crippen LogP contribution is 2.26. The molecule has 5 nitrogen and oxygen atoms in total. The van der Waals surface area contributed by atoms with Crippen LogP contribution in [0.15, 0.2) is 80.6 Å². The summed E-state index contributed by atoms with van der Waals surface area (Å²) in [5.74, 6) is -0.434. The molecule has 10 heteroatoms. The first kappa shape index (κ1) is 26.2. The lowest BCUT2D eigenvalue weighted by Crippen LogP contribution is -2.41. The molecule has 3 aromatic rings. The van der Waals surface area contributed by atoms with Crippen LogP contribution in [0.25, 0.3) is 0 Å². The molecule has 0 saturated carbocycles. The molecule has 0 heterocycles. The molecule has 0 aromatic heterocycles. The lowest BCUT2D eigenvalue weighted by Gasteiger charge is -2.24. The molecule has 3 rings (SSSR count). The molecule has 0 aliphatic heterocycles. The summed E-state index contributed by atoms with van der Waals surface area (Å²) in [4.78, 5) is 13.0. The summed E-state index contributed by atoms with van der Waals surface area (Å²) in [6.45, 7) is 1.37. The molecule has 0 fully saturated rings. The van der Waals surface area contributed by atoms with E-state index in [9.17, 15) is 13.2 Å². The summed E-state index contributed by atoms with van der Waals surface area (Å²) in [7, 11) is -3.99. The van der Waals surface area contributed by atoms with Gasteiger partial charge in [-0.05, 0) is 66.6 Å². The van der Waals surface area contributed by atoms with Gasteiger partial charge in [0.05, 0.1) is 17.5 Å². The first-order valence-electron chi connectivity index (χ1n) is 9.81. The van der Waals surface area contributed by atoms with Crippen LogP contribution >= 0.6 is 55.1 Å². The summed E-state index contributed by atoms with van der Waals surface area (Å²) in [6, 6.07) is 18.3. The molecule has 0 aliphatic carbocycles. The second-order valence-electron chi connectivity index (χ2n) is 7.30. The van der Waals surface area contributed by atoms with E-state index in [2.05, 4.69) is 37.2 Å². The minimum Gasteiger partial charge on any atom is -0.348 e. The van der Waals surface area contributed by atoms with Gasteiger partial charge in [-0.15, -0.1) is 0 Å². The van der Waals surface area contributed by atoms with E-state index in [1.807, 2.05) is 31.2 Å². The average molecular weight is 635 g/mol. The van der Waals surface area contributed by atoms with Crippen LogP contribution < -0.4 is 5.32 Å². The SMILES string of the molecule is C[C@@H](NC(=O)CN(Cc1ccc(Cl)cc1Cl)S(=O)(=O)c1ccc(Br)cc1)c1ccc(Br)cc1. The van der Waals surface area contributed by atoms with Crippen LogP contribution in [0.1, 0.15) is 24.1 Å². The van der Waals surface area contributed by atoms with Gasteiger partial charge in [-0.2, -0.15) is 4.31 Å². The largest absolute Gasteiger partial charge is 0.348 e. The zero-order valence-electron chi connectivity index (χ0n) is 17.4. The van der Waals surface area contributed by atoms with Crippen LogP contribution in [0.3, 0.4) is 0 Å². The number of sulfonamides is 1. The molecule has 3 aromatic carbocycles. The summed E-state index contributed by atoms with van der Waals surface area (Å²) >= 11 is 19.0. The van der Waals surface area contributed by atoms with Gasteiger partial charge in [-0.1, -0.05) is 73.3 Å². The predicted octanol–water partition coefficient (Wildman–Crippen LogP) is 6.59. The molecule has 0 aliphatic rings. The predicted molar refractivity (Wildman–Crippen MR) is 139 cm³/mol. The van der Waals surface area contributed by atoms with Crippen molar-refractivity contribution in [1.82, 2.24) is 9.62 Å². The molecule has 0 spiro atoms. The van der Waals surface area contributed by atoms with Crippen molar-refractivity contribution in [1.29, 1.82) is 0 Å².